The Morgan fingerprint density at radius 2 is 1.89 bits per heavy atom. The Balaban J connectivity index is 2.11. The number of thiazole rings is 1. The van der Waals surface area contributed by atoms with E-state index in [2.05, 4.69) is 4.99 Å². The van der Waals surface area contributed by atoms with Gasteiger partial charge in [-0.3, -0.25) is 4.79 Å². The van der Waals surface area contributed by atoms with Crippen LogP contribution in [-0.2, 0) is 21.3 Å². The first-order valence-electron chi connectivity index (χ1n) is 8.21. The van der Waals surface area contributed by atoms with Crippen molar-refractivity contribution < 1.29 is 22.7 Å². The van der Waals surface area contributed by atoms with Gasteiger partial charge >= 0.3 is 0 Å². The molecule has 0 aliphatic rings. The summed E-state index contributed by atoms with van der Waals surface area (Å²) in [5.74, 6) is 0.233. The Morgan fingerprint density at radius 1 is 1.18 bits per heavy atom. The second-order valence-electron chi connectivity index (χ2n) is 5.85. The second-order valence-corrected chi connectivity index (χ2v) is 8.42. The van der Waals surface area contributed by atoms with Crippen LogP contribution in [0.15, 0.2) is 52.4 Å². The highest BCUT2D eigenvalue weighted by Gasteiger charge is 2.13. The number of carbonyl (C=O) groups is 1. The summed E-state index contributed by atoms with van der Waals surface area (Å²) in [5.41, 5.74) is 1.16. The van der Waals surface area contributed by atoms with Crippen molar-refractivity contribution in [1.29, 1.82) is 0 Å². The van der Waals surface area contributed by atoms with Crippen LogP contribution in [0.1, 0.15) is 10.4 Å². The van der Waals surface area contributed by atoms with Gasteiger partial charge in [0.15, 0.2) is 4.80 Å². The third-order valence-electron chi connectivity index (χ3n) is 4.04. The molecule has 0 saturated carbocycles. The minimum Gasteiger partial charge on any atom is -0.497 e. The number of hydrogen-bond acceptors (Lipinski definition) is 6. The summed E-state index contributed by atoms with van der Waals surface area (Å²) in [6.07, 6.45) is 0. The number of carbonyl (C=O) groups excluding carboxylic acids is 1. The standard InChI is InChI=1S/C18H19N3O5S2/c1-25-10-9-21-15-8-7-14(28(19,23)24)11-16(15)27-18(21)20-17(22)12-3-5-13(26-2)6-4-12/h3-8,11H,9-10H2,1-2H3,(H2,19,23,24). The van der Waals surface area contributed by atoms with E-state index in [4.69, 9.17) is 14.6 Å². The van der Waals surface area contributed by atoms with Crippen molar-refractivity contribution in [3.63, 3.8) is 0 Å². The van der Waals surface area contributed by atoms with Gasteiger partial charge < -0.3 is 14.0 Å². The maximum Gasteiger partial charge on any atom is 0.279 e. The molecule has 2 aromatic carbocycles. The summed E-state index contributed by atoms with van der Waals surface area (Å²) >= 11 is 1.21. The van der Waals surface area contributed by atoms with E-state index >= 15 is 0 Å². The van der Waals surface area contributed by atoms with Crippen LogP contribution in [0, 0.1) is 0 Å². The minimum atomic E-state index is -3.82. The topological polar surface area (TPSA) is 113 Å². The minimum absolute atomic E-state index is 0.00757. The van der Waals surface area contributed by atoms with Gasteiger partial charge in [0.05, 0.1) is 28.8 Å². The normalized spacial score (nSPS) is 12.5. The summed E-state index contributed by atoms with van der Waals surface area (Å²) in [5, 5.41) is 5.22. The van der Waals surface area contributed by atoms with Crippen LogP contribution in [0.3, 0.4) is 0 Å². The van der Waals surface area contributed by atoms with E-state index in [9.17, 15) is 13.2 Å². The van der Waals surface area contributed by atoms with Crippen molar-refractivity contribution in [3.8, 4) is 5.75 Å². The zero-order valence-corrected chi connectivity index (χ0v) is 16.9. The molecule has 10 heteroatoms. The number of hydrogen-bond donors (Lipinski definition) is 1. The average Bonchev–Trinajstić information content (AvgIpc) is 3.01. The van der Waals surface area contributed by atoms with Gasteiger partial charge in [-0.25, -0.2) is 13.6 Å². The van der Waals surface area contributed by atoms with Crippen molar-refractivity contribution in [1.82, 2.24) is 4.57 Å². The molecule has 0 aliphatic carbocycles. The van der Waals surface area contributed by atoms with E-state index in [-0.39, 0.29) is 4.90 Å². The number of benzene rings is 2. The quantitative estimate of drug-likeness (QED) is 0.651. The van der Waals surface area contributed by atoms with Crippen molar-refractivity contribution in [2.75, 3.05) is 20.8 Å². The lowest BCUT2D eigenvalue weighted by molar-refractivity contribution is 0.0997. The molecule has 1 amide bonds. The fourth-order valence-corrected chi connectivity index (χ4v) is 4.31. The van der Waals surface area contributed by atoms with E-state index in [1.165, 1.54) is 23.5 Å². The first-order valence-corrected chi connectivity index (χ1v) is 10.6. The van der Waals surface area contributed by atoms with Crippen molar-refractivity contribution in [2.24, 2.45) is 10.1 Å². The Labute approximate surface area is 165 Å². The van der Waals surface area contributed by atoms with Gasteiger partial charge in [0, 0.05) is 19.2 Å². The number of amides is 1. The van der Waals surface area contributed by atoms with Gasteiger partial charge in [-0.05, 0) is 42.5 Å². The Bertz CT molecular complexity index is 1180. The molecule has 0 aliphatic heterocycles. The van der Waals surface area contributed by atoms with Crippen LogP contribution in [-0.4, -0.2) is 39.7 Å². The van der Waals surface area contributed by atoms with Gasteiger partial charge in [0.25, 0.3) is 5.91 Å². The van der Waals surface area contributed by atoms with Crippen LogP contribution in [0.25, 0.3) is 10.2 Å². The number of rotatable bonds is 6. The maximum absolute atomic E-state index is 12.6. The third-order valence-corrected chi connectivity index (χ3v) is 5.99. The van der Waals surface area contributed by atoms with Gasteiger partial charge in [0.2, 0.25) is 10.0 Å². The molecule has 28 heavy (non-hydrogen) atoms. The summed E-state index contributed by atoms with van der Waals surface area (Å²) in [7, 11) is -0.699. The number of sulfonamides is 1. The van der Waals surface area contributed by atoms with Gasteiger partial charge in [-0.15, -0.1) is 0 Å². The fraction of sp³-hybridized carbons (Fsp3) is 0.222. The highest BCUT2D eigenvalue weighted by atomic mass is 32.2. The average molecular weight is 422 g/mol. The molecule has 0 unspecified atom stereocenters. The lowest BCUT2D eigenvalue weighted by Gasteiger charge is -2.05. The number of fused-ring (bicyclic) bond motifs is 1. The Kier molecular flexibility index (Phi) is 5.94. The van der Waals surface area contributed by atoms with E-state index < -0.39 is 15.9 Å². The van der Waals surface area contributed by atoms with Gasteiger partial charge in [-0.1, -0.05) is 11.3 Å². The molecule has 0 spiro atoms. The smallest absolute Gasteiger partial charge is 0.279 e. The summed E-state index contributed by atoms with van der Waals surface area (Å²) in [6, 6.07) is 11.2. The molecule has 1 aromatic heterocycles. The summed E-state index contributed by atoms with van der Waals surface area (Å²) in [4.78, 5) is 17.3. The highest BCUT2D eigenvalue weighted by molar-refractivity contribution is 7.89. The van der Waals surface area contributed by atoms with E-state index in [1.807, 2.05) is 4.57 Å². The number of ether oxygens (including phenoxy) is 2. The molecule has 8 nitrogen and oxygen atoms in total. The molecule has 0 bridgehead atoms. The molecule has 0 fully saturated rings. The SMILES string of the molecule is COCCn1c(=NC(=O)c2ccc(OC)cc2)sc2cc(S(N)(=O)=O)ccc21. The van der Waals surface area contributed by atoms with Crippen LogP contribution in [0.5, 0.6) is 5.75 Å². The predicted molar refractivity (Wildman–Crippen MR) is 106 cm³/mol. The lowest BCUT2D eigenvalue weighted by Crippen LogP contribution is -2.19. The lowest BCUT2D eigenvalue weighted by atomic mass is 10.2. The number of primary sulfonamides is 1. The highest BCUT2D eigenvalue weighted by Crippen LogP contribution is 2.21. The number of methoxy groups -OCH3 is 2. The van der Waals surface area contributed by atoms with Crippen molar-refractivity contribution in [3.05, 3.63) is 52.8 Å². The molecule has 0 radical (unpaired) electrons. The molecule has 3 aromatic rings. The fourth-order valence-electron chi connectivity index (χ4n) is 2.60. The van der Waals surface area contributed by atoms with Gasteiger partial charge in [0.1, 0.15) is 5.75 Å². The van der Waals surface area contributed by atoms with Gasteiger partial charge in [-0.2, -0.15) is 4.99 Å². The molecule has 3 rings (SSSR count). The molecule has 0 saturated heterocycles. The van der Waals surface area contributed by atoms with Crippen molar-refractivity contribution >= 4 is 37.5 Å². The molecular formula is C18H19N3O5S2. The third kappa shape index (κ3) is 4.30. The van der Waals surface area contributed by atoms with Crippen LogP contribution < -0.4 is 14.7 Å². The summed E-state index contributed by atoms with van der Waals surface area (Å²) < 4.78 is 36.0. The first-order chi connectivity index (χ1) is 13.3. The van der Waals surface area contributed by atoms with Crippen LogP contribution >= 0.6 is 11.3 Å². The number of nitrogens with zero attached hydrogens (tertiary/aromatic N) is 2. The second kappa shape index (κ2) is 8.23. The van der Waals surface area contributed by atoms with Crippen LogP contribution in [0.4, 0.5) is 0 Å². The number of aromatic nitrogens is 1. The van der Waals surface area contributed by atoms with E-state index in [0.717, 1.165) is 5.52 Å². The van der Waals surface area contributed by atoms with E-state index in [1.54, 1.807) is 44.6 Å². The molecular weight excluding hydrogens is 402 g/mol. The molecule has 148 valence electrons. The Hall–Kier alpha value is -2.53. The Morgan fingerprint density at radius 3 is 2.50 bits per heavy atom. The summed E-state index contributed by atoms with van der Waals surface area (Å²) in [6.45, 7) is 0.868. The van der Waals surface area contributed by atoms with E-state index in [0.29, 0.717) is 34.0 Å². The zero-order valence-electron chi connectivity index (χ0n) is 15.3. The zero-order chi connectivity index (χ0) is 20.3. The largest absolute Gasteiger partial charge is 0.497 e. The first kappa shape index (κ1) is 20.2. The maximum atomic E-state index is 12.6. The monoisotopic (exact) mass is 421 g/mol. The molecule has 1 heterocycles. The predicted octanol–water partition coefficient (Wildman–Crippen LogP) is 1.75. The van der Waals surface area contributed by atoms with Crippen molar-refractivity contribution in [2.45, 2.75) is 11.4 Å². The van der Waals surface area contributed by atoms with Crippen LogP contribution in [0.2, 0.25) is 0 Å². The molecule has 2 N–H and O–H groups in total. The number of nitrogens with two attached hydrogens (primary N) is 1. The molecule has 0 atom stereocenters.